The highest BCUT2D eigenvalue weighted by Crippen LogP contribution is 2.22. The summed E-state index contributed by atoms with van der Waals surface area (Å²) in [5, 5.41) is 4.63. The maximum atomic E-state index is 5.92. The summed E-state index contributed by atoms with van der Waals surface area (Å²) in [6, 6.07) is 13.9. The fraction of sp³-hybridized carbons (Fsp3) is 0.125. The van der Waals surface area contributed by atoms with Crippen LogP contribution in [0.3, 0.4) is 0 Å². The average Bonchev–Trinajstić information content (AvgIpc) is 2.85. The van der Waals surface area contributed by atoms with Crippen LogP contribution in [0.1, 0.15) is 5.56 Å². The summed E-state index contributed by atoms with van der Waals surface area (Å²) in [4.78, 5) is 3.29. The molecule has 3 rings (SSSR count). The van der Waals surface area contributed by atoms with E-state index in [0.29, 0.717) is 11.4 Å². The highest BCUT2D eigenvalue weighted by atomic mass is 14.9. The molecule has 1 aromatic heterocycles. The Bertz CT molecular complexity index is 730. The van der Waals surface area contributed by atoms with Crippen molar-refractivity contribution in [2.45, 2.75) is 6.42 Å². The number of aromatic nitrogens is 1. The van der Waals surface area contributed by atoms with Crippen LogP contribution in [-0.4, -0.2) is 11.5 Å². The summed E-state index contributed by atoms with van der Waals surface area (Å²) in [6.45, 7) is 0.829. The maximum absolute atomic E-state index is 5.92. The van der Waals surface area contributed by atoms with Crippen LogP contribution in [0.25, 0.3) is 10.9 Å². The van der Waals surface area contributed by atoms with Gasteiger partial charge in [0.1, 0.15) is 0 Å². The van der Waals surface area contributed by atoms with Gasteiger partial charge in [0.2, 0.25) is 0 Å². The number of aromatic amines is 1. The number of hydrogen-bond donors (Lipinski definition) is 4. The molecule has 20 heavy (non-hydrogen) atoms. The van der Waals surface area contributed by atoms with E-state index in [9.17, 15) is 0 Å². The summed E-state index contributed by atoms with van der Waals surface area (Å²) in [5.74, 6) is 0. The Hall–Kier alpha value is -2.62. The molecule has 0 unspecified atom stereocenters. The lowest BCUT2D eigenvalue weighted by atomic mass is 10.1. The van der Waals surface area contributed by atoms with Gasteiger partial charge in [0.15, 0.2) is 0 Å². The topological polar surface area (TPSA) is 79.9 Å². The van der Waals surface area contributed by atoms with Crippen LogP contribution < -0.4 is 16.8 Å². The summed E-state index contributed by atoms with van der Waals surface area (Å²) in [5.41, 5.74) is 16.4. The summed E-state index contributed by atoms with van der Waals surface area (Å²) in [6.07, 6.45) is 3.01. The Morgan fingerprint density at radius 2 is 1.90 bits per heavy atom. The molecule has 4 nitrogen and oxygen atoms in total. The number of benzene rings is 2. The lowest BCUT2D eigenvalue weighted by Crippen LogP contribution is -2.07. The van der Waals surface area contributed by atoms with Gasteiger partial charge in [-0.05, 0) is 36.2 Å². The zero-order chi connectivity index (χ0) is 13.9. The van der Waals surface area contributed by atoms with Gasteiger partial charge in [-0.3, -0.25) is 0 Å². The molecule has 0 spiro atoms. The van der Waals surface area contributed by atoms with E-state index >= 15 is 0 Å². The smallest absolute Gasteiger partial charge is 0.0575 e. The molecule has 0 saturated carbocycles. The van der Waals surface area contributed by atoms with Crippen LogP contribution in [-0.2, 0) is 6.42 Å². The van der Waals surface area contributed by atoms with E-state index in [2.05, 4.69) is 34.7 Å². The summed E-state index contributed by atoms with van der Waals surface area (Å²) in [7, 11) is 0. The Labute approximate surface area is 117 Å². The van der Waals surface area contributed by atoms with Crippen molar-refractivity contribution in [2.24, 2.45) is 0 Å². The third kappa shape index (κ3) is 2.40. The standard InChI is InChI=1S/C16H18N4/c17-12-5-6-16(14(18)9-12)19-8-7-11-10-20-15-4-2-1-3-13(11)15/h1-6,9-10,19-20H,7-8,17-18H2. The van der Waals surface area contributed by atoms with E-state index in [1.807, 2.05) is 18.2 Å². The lowest BCUT2D eigenvalue weighted by molar-refractivity contribution is 1.03. The second-order valence-corrected chi connectivity index (χ2v) is 4.88. The molecule has 4 heteroatoms. The lowest BCUT2D eigenvalue weighted by Gasteiger charge is -2.09. The third-order valence-electron chi connectivity index (χ3n) is 3.46. The number of nitrogens with one attached hydrogen (secondary N) is 2. The number of nitrogens with two attached hydrogens (primary N) is 2. The Morgan fingerprint density at radius 3 is 2.75 bits per heavy atom. The number of para-hydroxylation sites is 1. The molecule has 1 heterocycles. The molecular weight excluding hydrogens is 248 g/mol. The fourth-order valence-electron chi connectivity index (χ4n) is 2.41. The number of nitrogen functional groups attached to an aromatic ring is 2. The number of anilines is 3. The number of fused-ring (bicyclic) bond motifs is 1. The molecule has 0 aliphatic heterocycles. The van der Waals surface area contributed by atoms with Gasteiger partial charge in [-0.25, -0.2) is 0 Å². The second kappa shape index (κ2) is 5.17. The predicted molar refractivity (Wildman–Crippen MR) is 85.8 cm³/mol. The fourth-order valence-corrected chi connectivity index (χ4v) is 2.41. The van der Waals surface area contributed by atoms with Crippen molar-refractivity contribution in [3.05, 3.63) is 54.2 Å². The van der Waals surface area contributed by atoms with Crippen LogP contribution in [0.2, 0.25) is 0 Å². The van der Waals surface area contributed by atoms with Crippen LogP contribution >= 0.6 is 0 Å². The van der Waals surface area contributed by atoms with Gasteiger partial charge in [0, 0.05) is 29.3 Å². The zero-order valence-corrected chi connectivity index (χ0v) is 11.2. The maximum Gasteiger partial charge on any atom is 0.0575 e. The van der Waals surface area contributed by atoms with E-state index < -0.39 is 0 Å². The van der Waals surface area contributed by atoms with E-state index in [1.165, 1.54) is 16.5 Å². The minimum Gasteiger partial charge on any atom is -0.399 e. The van der Waals surface area contributed by atoms with Crippen LogP contribution in [0.15, 0.2) is 48.7 Å². The van der Waals surface area contributed by atoms with Crippen molar-refractivity contribution in [3.63, 3.8) is 0 Å². The van der Waals surface area contributed by atoms with E-state index in [-0.39, 0.29) is 0 Å². The summed E-state index contributed by atoms with van der Waals surface area (Å²) >= 11 is 0. The van der Waals surface area contributed by atoms with E-state index in [1.54, 1.807) is 6.07 Å². The first kappa shape index (κ1) is 12.4. The van der Waals surface area contributed by atoms with Crippen molar-refractivity contribution in [1.82, 2.24) is 4.98 Å². The molecular formula is C16H18N4. The Morgan fingerprint density at radius 1 is 1.05 bits per heavy atom. The highest BCUT2D eigenvalue weighted by molar-refractivity contribution is 5.83. The monoisotopic (exact) mass is 266 g/mol. The number of rotatable bonds is 4. The van der Waals surface area contributed by atoms with Crippen molar-refractivity contribution in [1.29, 1.82) is 0 Å². The highest BCUT2D eigenvalue weighted by Gasteiger charge is 2.03. The minimum atomic E-state index is 0.684. The molecule has 6 N–H and O–H groups in total. The molecule has 0 atom stereocenters. The van der Waals surface area contributed by atoms with Crippen LogP contribution in [0.4, 0.5) is 17.1 Å². The second-order valence-electron chi connectivity index (χ2n) is 4.88. The quantitative estimate of drug-likeness (QED) is 0.548. The van der Waals surface area contributed by atoms with Crippen molar-refractivity contribution in [2.75, 3.05) is 23.3 Å². The van der Waals surface area contributed by atoms with Crippen molar-refractivity contribution in [3.8, 4) is 0 Å². The van der Waals surface area contributed by atoms with Crippen LogP contribution in [0.5, 0.6) is 0 Å². The average molecular weight is 266 g/mol. The van der Waals surface area contributed by atoms with Gasteiger partial charge < -0.3 is 21.8 Å². The molecule has 102 valence electrons. The molecule has 2 aromatic carbocycles. The molecule has 0 saturated heterocycles. The predicted octanol–water partition coefficient (Wildman–Crippen LogP) is 2.99. The van der Waals surface area contributed by atoms with Gasteiger partial charge >= 0.3 is 0 Å². The molecule has 0 bridgehead atoms. The van der Waals surface area contributed by atoms with Gasteiger partial charge in [0.05, 0.1) is 11.4 Å². The number of H-pyrrole nitrogens is 1. The largest absolute Gasteiger partial charge is 0.399 e. The zero-order valence-electron chi connectivity index (χ0n) is 11.2. The normalized spacial score (nSPS) is 10.8. The van der Waals surface area contributed by atoms with Crippen LogP contribution in [0, 0.1) is 0 Å². The van der Waals surface area contributed by atoms with E-state index in [0.717, 1.165) is 18.7 Å². The summed E-state index contributed by atoms with van der Waals surface area (Å²) < 4.78 is 0. The molecule has 0 aliphatic carbocycles. The van der Waals surface area contributed by atoms with Crippen molar-refractivity contribution >= 4 is 28.0 Å². The SMILES string of the molecule is Nc1ccc(NCCc2c[nH]c3ccccc23)c(N)c1. The first-order valence-corrected chi connectivity index (χ1v) is 6.68. The van der Waals surface area contributed by atoms with Gasteiger partial charge in [-0.1, -0.05) is 18.2 Å². The molecule has 3 aromatic rings. The first-order chi connectivity index (χ1) is 9.74. The Kier molecular flexibility index (Phi) is 3.21. The van der Waals surface area contributed by atoms with Gasteiger partial charge in [-0.15, -0.1) is 0 Å². The molecule has 0 amide bonds. The third-order valence-corrected chi connectivity index (χ3v) is 3.46. The molecule has 0 fully saturated rings. The minimum absolute atomic E-state index is 0.684. The molecule has 0 radical (unpaired) electrons. The van der Waals surface area contributed by atoms with E-state index in [4.69, 9.17) is 11.5 Å². The van der Waals surface area contributed by atoms with Gasteiger partial charge in [-0.2, -0.15) is 0 Å². The van der Waals surface area contributed by atoms with Crippen molar-refractivity contribution < 1.29 is 0 Å². The number of hydrogen-bond acceptors (Lipinski definition) is 3. The molecule has 0 aliphatic rings. The van der Waals surface area contributed by atoms with Gasteiger partial charge in [0.25, 0.3) is 0 Å². The Balaban J connectivity index is 1.68. The first-order valence-electron chi connectivity index (χ1n) is 6.68.